The number of rotatable bonds is 40. The number of unbranched alkanes of at least 4 members (excludes halogenated alkanes) is 38. The zero-order valence-electron chi connectivity index (χ0n) is 31.6. The van der Waals surface area contributed by atoms with E-state index in [9.17, 15) is 9.90 Å². The second-order valence-corrected chi connectivity index (χ2v) is 14.6. The number of carbonyl (C=O) groups excluding carboxylic acids is 1. The topological polar surface area (TPSA) is 40.1 Å². The van der Waals surface area contributed by atoms with Gasteiger partial charge in [-0.05, 0) is 12.8 Å². The molecule has 0 aromatic heterocycles. The van der Waals surface area contributed by atoms with Gasteiger partial charge < -0.3 is 9.90 Å². The fourth-order valence-electron chi connectivity index (χ4n) is 6.88. The minimum Gasteiger partial charge on any atom is -0.550 e. The number of carboxylic acid groups (broad SMARTS) is 1. The Hall–Kier alpha value is 1.11. The minimum atomic E-state index is -0.897. The molecule has 0 aliphatic carbocycles. The zero-order chi connectivity index (χ0) is 31.9. The van der Waals surface area contributed by atoms with Crippen molar-refractivity contribution in [1.29, 1.82) is 0 Å². The third-order valence-electron chi connectivity index (χ3n) is 9.98. The number of carbonyl (C=O) groups is 1. The molecule has 0 saturated heterocycles. The molecule has 45 heavy (non-hydrogen) atoms. The van der Waals surface area contributed by atoms with Crippen molar-refractivity contribution in [2.75, 3.05) is 0 Å². The summed E-state index contributed by atoms with van der Waals surface area (Å²) in [4.78, 5) is 10.4. The van der Waals surface area contributed by atoms with Crippen LogP contribution < -0.4 is 56.5 Å². The Balaban J connectivity index is 0. The van der Waals surface area contributed by atoms with E-state index in [4.69, 9.17) is 0 Å². The van der Waals surface area contributed by atoms with E-state index in [0.717, 1.165) is 12.8 Å². The average molecular weight is 659 g/mol. The predicted molar refractivity (Wildman–Crippen MR) is 195 cm³/mol. The Morgan fingerprint density at radius 1 is 0.289 bits per heavy atom. The molecule has 0 fully saturated rings. The van der Waals surface area contributed by atoms with Crippen LogP contribution in [0.25, 0.3) is 0 Å². The van der Waals surface area contributed by atoms with E-state index in [1.54, 1.807) is 0 Å². The van der Waals surface area contributed by atoms with Gasteiger partial charge in [0.1, 0.15) is 0 Å². The fourth-order valence-corrected chi connectivity index (χ4v) is 6.88. The molecule has 0 aromatic carbocycles. The summed E-state index contributed by atoms with van der Waals surface area (Å²) < 4.78 is 0. The van der Waals surface area contributed by atoms with Crippen molar-refractivity contribution in [3.05, 3.63) is 0 Å². The van der Waals surface area contributed by atoms with Crippen molar-refractivity contribution < 1.29 is 61.3 Å². The zero-order valence-corrected chi connectivity index (χ0v) is 34.7. The molecule has 0 bridgehead atoms. The molecule has 0 spiro atoms. The van der Waals surface area contributed by atoms with E-state index in [0.29, 0.717) is 0 Å². The molecule has 0 radical (unpaired) electrons. The van der Waals surface area contributed by atoms with Gasteiger partial charge in [0.25, 0.3) is 0 Å². The van der Waals surface area contributed by atoms with Gasteiger partial charge in [-0.1, -0.05) is 251 Å². The second kappa shape index (κ2) is 45.1. The van der Waals surface area contributed by atoms with Crippen LogP contribution in [0.3, 0.4) is 0 Å². The summed E-state index contributed by atoms with van der Waals surface area (Å²) in [7, 11) is 0. The van der Waals surface area contributed by atoms with Gasteiger partial charge in [-0.3, -0.25) is 0 Å². The fraction of sp³-hybridized carbons (Fsp3) is 0.976. The first-order chi connectivity index (χ1) is 21.8. The molecule has 0 aromatic rings. The molecule has 0 aliphatic rings. The summed E-state index contributed by atoms with van der Waals surface area (Å²) in [6, 6.07) is 0. The number of aliphatic carboxylic acids is 1. The van der Waals surface area contributed by atoms with Crippen LogP contribution in [-0.4, -0.2) is 5.97 Å². The van der Waals surface area contributed by atoms with E-state index in [1.165, 1.54) is 238 Å². The Morgan fingerprint density at radius 3 is 0.556 bits per heavy atom. The van der Waals surface area contributed by atoms with Crippen molar-refractivity contribution in [1.82, 2.24) is 0 Å². The molecule has 0 atom stereocenters. The van der Waals surface area contributed by atoms with Crippen molar-refractivity contribution in [3.8, 4) is 0 Å². The molecule has 2 nitrogen and oxygen atoms in total. The van der Waals surface area contributed by atoms with Gasteiger partial charge in [-0.25, -0.2) is 0 Å². The maximum atomic E-state index is 10.4. The molecular formula is C42H83KO2. The van der Waals surface area contributed by atoms with Gasteiger partial charge in [0, 0.05) is 5.97 Å². The van der Waals surface area contributed by atoms with Crippen LogP contribution in [0, 0.1) is 0 Å². The van der Waals surface area contributed by atoms with E-state index in [2.05, 4.69) is 6.92 Å². The number of hydrogen-bond acceptors (Lipinski definition) is 2. The standard InChI is InChI=1S/C42H84O2.K/c1-2-3-4-5-6-7-8-9-10-11-12-13-14-15-16-17-18-19-20-21-22-23-24-25-26-27-28-29-30-31-32-33-34-35-36-37-38-39-40-41-42(43)44;/h2-41H2,1H3,(H,43,44);/q;+1/p-1. The largest absolute Gasteiger partial charge is 1.00 e. The molecule has 0 aliphatic heterocycles. The number of hydrogen-bond donors (Lipinski definition) is 0. The van der Waals surface area contributed by atoms with Crippen molar-refractivity contribution in [3.63, 3.8) is 0 Å². The van der Waals surface area contributed by atoms with Crippen LogP contribution in [0.4, 0.5) is 0 Å². The SMILES string of the molecule is CCCCCCCCCCCCCCCCCCCCCCCCCCCCCCCCCCCCCCCCCC(=O)[O-].[K+]. The van der Waals surface area contributed by atoms with E-state index < -0.39 is 5.97 Å². The van der Waals surface area contributed by atoms with Crippen LogP contribution in [0.15, 0.2) is 0 Å². The second-order valence-electron chi connectivity index (χ2n) is 14.6. The summed E-state index contributed by atoms with van der Waals surface area (Å²) >= 11 is 0. The van der Waals surface area contributed by atoms with E-state index in [-0.39, 0.29) is 57.8 Å². The molecule has 0 saturated carbocycles. The van der Waals surface area contributed by atoms with E-state index in [1.807, 2.05) is 0 Å². The summed E-state index contributed by atoms with van der Waals surface area (Å²) in [6.45, 7) is 2.31. The van der Waals surface area contributed by atoms with Crippen LogP contribution in [0.2, 0.25) is 0 Å². The predicted octanol–water partition coefficient (Wildman–Crippen LogP) is 11.4. The Labute approximate surface area is 328 Å². The van der Waals surface area contributed by atoms with E-state index >= 15 is 0 Å². The number of carboxylic acids is 1. The summed E-state index contributed by atoms with van der Waals surface area (Å²) in [5.41, 5.74) is 0. The average Bonchev–Trinajstić information content (AvgIpc) is 3.02. The van der Waals surface area contributed by atoms with Gasteiger partial charge in [0.2, 0.25) is 0 Å². The van der Waals surface area contributed by atoms with Crippen LogP contribution >= 0.6 is 0 Å². The summed E-state index contributed by atoms with van der Waals surface area (Å²) in [6.07, 6.45) is 55.5. The molecule has 264 valence electrons. The molecule has 3 heteroatoms. The van der Waals surface area contributed by atoms with Crippen molar-refractivity contribution >= 4 is 5.97 Å². The first kappa shape index (κ1) is 48.2. The van der Waals surface area contributed by atoms with Gasteiger partial charge in [-0.15, -0.1) is 0 Å². The van der Waals surface area contributed by atoms with Crippen molar-refractivity contribution in [2.24, 2.45) is 0 Å². The van der Waals surface area contributed by atoms with Gasteiger partial charge in [-0.2, -0.15) is 0 Å². The molecule has 0 amide bonds. The maximum absolute atomic E-state index is 10.4. The van der Waals surface area contributed by atoms with Crippen LogP contribution in [0.1, 0.15) is 264 Å². The monoisotopic (exact) mass is 659 g/mol. The first-order valence-corrected chi connectivity index (χ1v) is 21.0. The Kier molecular flexibility index (Phi) is 48.3. The molecule has 0 unspecified atom stereocenters. The van der Waals surface area contributed by atoms with Gasteiger partial charge >= 0.3 is 51.4 Å². The quantitative estimate of drug-likeness (QED) is 0.0485. The Bertz CT molecular complexity index is 523. The molecule has 0 rings (SSSR count). The Morgan fingerprint density at radius 2 is 0.422 bits per heavy atom. The molecular weight excluding hydrogens is 576 g/mol. The smallest absolute Gasteiger partial charge is 0.550 e. The molecule has 0 heterocycles. The van der Waals surface area contributed by atoms with Crippen molar-refractivity contribution in [2.45, 2.75) is 264 Å². The summed E-state index contributed by atoms with van der Waals surface area (Å²) in [5, 5.41) is 10.4. The van der Waals surface area contributed by atoms with Crippen LogP contribution in [-0.2, 0) is 4.79 Å². The summed E-state index contributed by atoms with van der Waals surface area (Å²) in [5.74, 6) is -0.897. The van der Waals surface area contributed by atoms with Gasteiger partial charge in [0.05, 0.1) is 0 Å². The molecule has 0 N–H and O–H groups in total. The third kappa shape index (κ3) is 47.3. The maximum Gasteiger partial charge on any atom is 1.00 e. The van der Waals surface area contributed by atoms with Crippen LogP contribution in [0.5, 0.6) is 0 Å². The minimum absolute atomic E-state index is 0. The normalized spacial score (nSPS) is 11.2. The third-order valence-corrected chi connectivity index (χ3v) is 9.98. The first-order valence-electron chi connectivity index (χ1n) is 21.0. The van der Waals surface area contributed by atoms with Gasteiger partial charge in [0.15, 0.2) is 0 Å².